The number of carbonyl (C=O) groups is 3. The molecule has 2 aliphatic rings. The molecule has 2 aliphatic heterocycles. The van der Waals surface area contributed by atoms with Crippen molar-refractivity contribution in [2.45, 2.75) is 19.7 Å². The van der Waals surface area contributed by atoms with E-state index in [0.29, 0.717) is 59.9 Å². The summed E-state index contributed by atoms with van der Waals surface area (Å²) in [5, 5.41) is 0. The van der Waals surface area contributed by atoms with Crippen LogP contribution in [0.3, 0.4) is 0 Å². The summed E-state index contributed by atoms with van der Waals surface area (Å²) in [6, 6.07) is 17.0. The van der Waals surface area contributed by atoms with Crippen molar-refractivity contribution < 1.29 is 33.0 Å². The fourth-order valence-corrected chi connectivity index (χ4v) is 4.51. The molecule has 0 spiro atoms. The van der Waals surface area contributed by atoms with Crippen molar-refractivity contribution in [1.82, 2.24) is 4.90 Å². The first-order valence-corrected chi connectivity index (χ1v) is 12.3. The van der Waals surface area contributed by atoms with Crippen molar-refractivity contribution in [3.8, 4) is 11.5 Å². The molecule has 0 atom stereocenters. The number of esters is 1. The Kier molecular flexibility index (Phi) is 7.60. The van der Waals surface area contributed by atoms with Gasteiger partial charge in [-0.15, -0.1) is 0 Å². The van der Waals surface area contributed by atoms with Gasteiger partial charge in [0.1, 0.15) is 24.8 Å². The third-order valence-electron chi connectivity index (χ3n) is 6.52. The number of benzene rings is 3. The number of halogens is 1. The maximum absolute atomic E-state index is 13.7. The molecule has 0 saturated carbocycles. The average molecular weight is 516 g/mol. The number of hydrogen-bond donors (Lipinski definition) is 0. The second-order valence-electron chi connectivity index (χ2n) is 8.99. The van der Waals surface area contributed by atoms with Crippen molar-refractivity contribution in [2.24, 2.45) is 0 Å². The normalized spacial score (nSPS) is 14.9. The zero-order valence-corrected chi connectivity index (χ0v) is 20.7. The van der Waals surface area contributed by atoms with Gasteiger partial charge in [-0.1, -0.05) is 42.5 Å². The van der Waals surface area contributed by atoms with Gasteiger partial charge in [0, 0.05) is 35.9 Å². The molecule has 3 aromatic carbocycles. The van der Waals surface area contributed by atoms with Crippen LogP contribution in [0.25, 0.3) is 6.08 Å². The second-order valence-corrected chi connectivity index (χ2v) is 8.99. The molecule has 7 nitrogen and oxygen atoms in total. The number of nitrogens with zero attached hydrogens (tertiary/aromatic N) is 1. The zero-order valence-electron chi connectivity index (χ0n) is 20.7. The first kappa shape index (κ1) is 25.4. The van der Waals surface area contributed by atoms with E-state index in [1.165, 1.54) is 12.2 Å². The maximum Gasteiger partial charge on any atom is 0.315 e. The minimum Gasteiger partial charge on any atom is -0.488 e. The predicted octanol–water partition coefficient (Wildman–Crippen LogP) is 4.30. The largest absolute Gasteiger partial charge is 0.488 e. The number of amides is 1. The van der Waals surface area contributed by atoms with Crippen molar-refractivity contribution in [1.29, 1.82) is 0 Å². The van der Waals surface area contributed by atoms with Crippen LogP contribution in [0.15, 0.2) is 66.7 Å². The average Bonchev–Trinajstić information content (AvgIpc) is 3.09. The number of ketones is 1. The summed E-state index contributed by atoms with van der Waals surface area (Å²) in [4.78, 5) is 40.2. The van der Waals surface area contributed by atoms with Gasteiger partial charge >= 0.3 is 5.97 Å². The molecule has 0 N–H and O–H groups in total. The Bertz CT molecular complexity index is 1410. The molecular formula is C30H26FNO6. The topological polar surface area (TPSA) is 82.1 Å². The lowest BCUT2D eigenvalue weighted by Gasteiger charge is -2.25. The van der Waals surface area contributed by atoms with Crippen LogP contribution in [0.1, 0.15) is 38.2 Å². The maximum atomic E-state index is 13.7. The van der Waals surface area contributed by atoms with Crippen LogP contribution in [-0.2, 0) is 34.0 Å². The van der Waals surface area contributed by atoms with Gasteiger partial charge in [0.2, 0.25) is 5.91 Å². The van der Waals surface area contributed by atoms with Gasteiger partial charge in [0.05, 0.1) is 25.2 Å². The SMILES string of the molecule is O=C(Cc1ccc2c(c1)C(=O)c1ccccc1CO2)Oc1cccc(CF)c1/C=C/C(=O)N1CCOCC1. The second kappa shape index (κ2) is 11.4. The lowest BCUT2D eigenvalue weighted by atomic mass is 9.97. The van der Waals surface area contributed by atoms with Crippen molar-refractivity contribution >= 4 is 23.7 Å². The molecule has 2 heterocycles. The molecule has 1 amide bonds. The van der Waals surface area contributed by atoms with E-state index < -0.39 is 12.6 Å². The smallest absolute Gasteiger partial charge is 0.315 e. The standard InChI is InChI=1S/C30H26FNO6/c31-18-21-5-3-7-27(23(21)9-11-28(33)32-12-14-36-15-13-32)38-29(34)17-20-8-10-26-25(16-20)30(35)24-6-2-1-4-22(24)19-37-26/h1-11,16H,12-15,17-19H2/b11-9+. The highest BCUT2D eigenvalue weighted by atomic mass is 19.1. The van der Waals surface area contributed by atoms with Crippen LogP contribution >= 0.6 is 0 Å². The third-order valence-corrected chi connectivity index (χ3v) is 6.52. The van der Waals surface area contributed by atoms with Crippen LogP contribution < -0.4 is 9.47 Å². The predicted molar refractivity (Wildman–Crippen MR) is 138 cm³/mol. The lowest BCUT2D eigenvalue weighted by molar-refractivity contribution is -0.133. The van der Waals surface area contributed by atoms with Gasteiger partial charge in [-0.3, -0.25) is 14.4 Å². The molecule has 194 valence electrons. The van der Waals surface area contributed by atoms with Gasteiger partial charge < -0.3 is 19.1 Å². The van der Waals surface area contributed by atoms with Crippen LogP contribution in [0.2, 0.25) is 0 Å². The molecule has 38 heavy (non-hydrogen) atoms. The van der Waals surface area contributed by atoms with Gasteiger partial charge in [-0.2, -0.15) is 0 Å². The summed E-state index contributed by atoms with van der Waals surface area (Å²) in [5.74, 6) is -0.373. The van der Waals surface area contributed by atoms with Crippen LogP contribution in [-0.4, -0.2) is 48.9 Å². The Morgan fingerprint density at radius 3 is 2.63 bits per heavy atom. The minimum atomic E-state index is -0.786. The molecule has 0 bridgehead atoms. The Labute approximate surface area is 219 Å². The van der Waals surface area contributed by atoms with E-state index in [1.807, 2.05) is 12.1 Å². The molecule has 0 unspecified atom stereocenters. The highest BCUT2D eigenvalue weighted by molar-refractivity contribution is 6.12. The molecule has 1 fully saturated rings. The minimum absolute atomic E-state index is 0.113. The van der Waals surface area contributed by atoms with E-state index in [9.17, 15) is 18.8 Å². The molecule has 5 rings (SSSR count). The van der Waals surface area contributed by atoms with E-state index >= 15 is 0 Å². The first-order chi connectivity index (χ1) is 18.5. The van der Waals surface area contributed by atoms with Crippen LogP contribution in [0.5, 0.6) is 11.5 Å². The summed E-state index contributed by atoms with van der Waals surface area (Å²) in [6.45, 7) is 1.40. The van der Waals surface area contributed by atoms with Crippen molar-refractivity contribution in [3.63, 3.8) is 0 Å². The third kappa shape index (κ3) is 5.50. The number of rotatable bonds is 6. The molecular weight excluding hydrogens is 489 g/mol. The summed E-state index contributed by atoms with van der Waals surface area (Å²) in [5.41, 5.74) is 2.95. The summed E-state index contributed by atoms with van der Waals surface area (Å²) < 4.78 is 30.4. The number of alkyl halides is 1. The molecule has 0 aromatic heterocycles. The number of morpholine rings is 1. The highest BCUT2D eigenvalue weighted by Gasteiger charge is 2.23. The Hall–Kier alpha value is -4.30. The molecule has 8 heteroatoms. The van der Waals surface area contributed by atoms with E-state index in [2.05, 4.69) is 0 Å². The van der Waals surface area contributed by atoms with Gasteiger partial charge in [0.15, 0.2) is 5.78 Å². The highest BCUT2D eigenvalue weighted by Crippen LogP contribution is 2.30. The van der Waals surface area contributed by atoms with Gasteiger partial charge in [0.25, 0.3) is 0 Å². The summed E-state index contributed by atoms with van der Waals surface area (Å²) in [6.07, 6.45) is 2.72. The Balaban J connectivity index is 1.33. The van der Waals surface area contributed by atoms with E-state index in [1.54, 1.807) is 53.4 Å². The fraction of sp³-hybridized carbons (Fsp3) is 0.233. The number of carbonyl (C=O) groups excluding carboxylic acids is 3. The number of hydrogen-bond acceptors (Lipinski definition) is 6. The van der Waals surface area contributed by atoms with Crippen LogP contribution in [0.4, 0.5) is 4.39 Å². The van der Waals surface area contributed by atoms with E-state index in [0.717, 1.165) is 5.56 Å². The molecule has 1 saturated heterocycles. The number of fused-ring (bicyclic) bond motifs is 2. The first-order valence-electron chi connectivity index (χ1n) is 12.3. The van der Waals surface area contributed by atoms with Crippen molar-refractivity contribution in [3.05, 3.63) is 100 Å². The monoisotopic (exact) mass is 515 g/mol. The molecule has 0 radical (unpaired) electrons. The summed E-state index contributed by atoms with van der Waals surface area (Å²) in [7, 11) is 0. The zero-order chi connectivity index (χ0) is 26.5. The lowest BCUT2D eigenvalue weighted by Crippen LogP contribution is -2.39. The van der Waals surface area contributed by atoms with Gasteiger partial charge in [-0.25, -0.2) is 4.39 Å². The summed E-state index contributed by atoms with van der Waals surface area (Å²) >= 11 is 0. The molecule has 3 aromatic rings. The van der Waals surface area contributed by atoms with Crippen LogP contribution in [0, 0.1) is 0 Å². The van der Waals surface area contributed by atoms with Crippen molar-refractivity contribution in [2.75, 3.05) is 26.3 Å². The Morgan fingerprint density at radius 1 is 1.00 bits per heavy atom. The van der Waals surface area contributed by atoms with E-state index in [-0.39, 0.29) is 30.5 Å². The van der Waals surface area contributed by atoms with Gasteiger partial charge in [-0.05, 0) is 35.4 Å². The number of ether oxygens (including phenoxy) is 3. The molecule has 0 aliphatic carbocycles. The fourth-order valence-electron chi connectivity index (χ4n) is 4.51. The quantitative estimate of drug-likeness (QED) is 0.277. The Morgan fingerprint density at radius 2 is 1.82 bits per heavy atom. The van der Waals surface area contributed by atoms with E-state index in [4.69, 9.17) is 14.2 Å².